The largest absolute Gasteiger partial charge is 0.378 e. The van der Waals surface area contributed by atoms with Gasteiger partial charge >= 0.3 is 0 Å². The molecule has 1 saturated heterocycles. The first-order chi connectivity index (χ1) is 10.3. The zero-order valence-electron chi connectivity index (χ0n) is 11.8. The minimum absolute atomic E-state index is 0.0196. The third kappa shape index (κ3) is 2.43. The predicted molar refractivity (Wildman–Crippen MR) is 88.0 cm³/mol. The average Bonchev–Trinajstić information content (AvgIpc) is 3.13. The van der Waals surface area contributed by atoms with Crippen molar-refractivity contribution in [3.63, 3.8) is 0 Å². The van der Waals surface area contributed by atoms with Crippen LogP contribution < -0.4 is 0 Å². The summed E-state index contributed by atoms with van der Waals surface area (Å²) in [6.07, 6.45) is 3.52. The van der Waals surface area contributed by atoms with Gasteiger partial charge in [0.15, 0.2) is 0 Å². The molecule has 1 fully saturated rings. The van der Waals surface area contributed by atoms with Crippen LogP contribution in [-0.2, 0) is 4.74 Å². The number of benzene rings is 2. The molecule has 0 spiro atoms. The summed E-state index contributed by atoms with van der Waals surface area (Å²) in [7, 11) is 0. The fourth-order valence-electron chi connectivity index (χ4n) is 3.26. The fourth-order valence-corrected chi connectivity index (χ4v) is 3.59. The number of rotatable bonds is 3. The van der Waals surface area contributed by atoms with Crippen LogP contribution in [0.1, 0.15) is 30.2 Å². The molecule has 21 heavy (non-hydrogen) atoms. The van der Waals surface area contributed by atoms with Gasteiger partial charge in [0.05, 0.1) is 11.5 Å². The first-order valence-corrected chi connectivity index (χ1v) is 8.01. The summed E-state index contributed by atoms with van der Waals surface area (Å²) in [6, 6.07) is 14.9. The minimum Gasteiger partial charge on any atom is -0.378 e. The number of hydrogen-bond acceptors (Lipinski definition) is 1. The molecule has 0 saturated carbocycles. The van der Waals surface area contributed by atoms with Crippen molar-refractivity contribution < 1.29 is 4.74 Å². The van der Waals surface area contributed by atoms with Crippen LogP contribution in [0.2, 0.25) is 0 Å². The molecule has 3 heteroatoms. The smallest absolute Gasteiger partial charge is 0.0610 e. The highest BCUT2D eigenvalue weighted by Gasteiger charge is 2.21. The molecular formula is C18H18ClNO. The summed E-state index contributed by atoms with van der Waals surface area (Å²) in [6.45, 7) is 0.885. The number of hydrogen-bond donors (Lipinski definition) is 1. The van der Waals surface area contributed by atoms with Gasteiger partial charge in [-0.3, -0.25) is 0 Å². The van der Waals surface area contributed by atoms with E-state index in [4.69, 9.17) is 16.3 Å². The van der Waals surface area contributed by atoms with E-state index >= 15 is 0 Å². The van der Waals surface area contributed by atoms with Crippen LogP contribution in [0, 0.1) is 0 Å². The minimum atomic E-state index is 0.0196. The maximum absolute atomic E-state index is 6.61. The summed E-state index contributed by atoms with van der Waals surface area (Å²) in [5.74, 6) is 0. The van der Waals surface area contributed by atoms with Gasteiger partial charge in [0.25, 0.3) is 0 Å². The van der Waals surface area contributed by atoms with Crippen LogP contribution in [0.3, 0.4) is 0 Å². The van der Waals surface area contributed by atoms with Crippen molar-refractivity contribution in [3.05, 3.63) is 48.0 Å². The molecular weight excluding hydrogens is 282 g/mol. The highest BCUT2D eigenvalue weighted by molar-refractivity contribution is 6.21. The quantitative estimate of drug-likeness (QED) is 0.663. The number of aromatic amines is 1. The maximum atomic E-state index is 6.61. The Kier molecular flexibility index (Phi) is 3.36. The lowest BCUT2D eigenvalue weighted by molar-refractivity contribution is 0.103. The molecule has 0 aliphatic carbocycles. The summed E-state index contributed by atoms with van der Waals surface area (Å²) in [5, 5.41) is 2.53. The van der Waals surface area contributed by atoms with Crippen molar-refractivity contribution in [2.24, 2.45) is 0 Å². The summed E-state index contributed by atoms with van der Waals surface area (Å²) >= 11 is 6.61. The van der Waals surface area contributed by atoms with E-state index in [1.54, 1.807) is 0 Å². The Bertz CT molecular complexity index is 773. The van der Waals surface area contributed by atoms with Crippen LogP contribution in [0.5, 0.6) is 0 Å². The van der Waals surface area contributed by atoms with E-state index in [-0.39, 0.29) is 5.38 Å². The van der Waals surface area contributed by atoms with Gasteiger partial charge in [0.1, 0.15) is 0 Å². The van der Waals surface area contributed by atoms with Crippen LogP contribution >= 0.6 is 11.6 Å². The Hall–Kier alpha value is -1.51. The number of alkyl halides is 1. The van der Waals surface area contributed by atoms with Crippen molar-refractivity contribution in [2.45, 2.75) is 30.7 Å². The van der Waals surface area contributed by atoms with E-state index < -0.39 is 0 Å². The number of para-hydroxylation sites is 1. The number of H-pyrrole nitrogens is 1. The molecule has 0 amide bonds. The molecule has 0 radical (unpaired) electrons. The third-order valence-electron chi connectivity index (χ3n) is 4.39. The van der Waals surface area contributed by atoms with Crippen molar-refractivity contribution in [2.75, 3.05) is 6.61 Å². The molecule has 2 atom stereocenters. The van der Waals surface area contributed by atoms with Crippen LogP contribution in [0.15, 0.2) is 42.5 Å². The molecule has 2 heterocycles. The number of ether oxygens (including phenoxy) is 1. The topological polar surface area (TPSA) is 25.0 Å². The van der Waals surface area contributed by atoms with E-state index in [2.05, 4.69) is 47.4 Å². The average molecular weight is 300 g/mol. The second-order valence-electron chi connectivity index (χ2n) is 5.81. The van der Waals surface area contributed by atoms with Gasteiger partial charge in [-0.25, -0.2) is 0 Å². The molecule has 2 aromatic carbocycles. The van der Waals surface area contributed by atoms with Gasteiger partial charge in [-0.05, 0) is 43.0 Å². The standard InChI is InChI=1S/C18H18ClNO/c19-16(11-13-4-3-9-21-13)12-7-8-18-15(10-12)14-5-1-2-6-17(14)20-18/h1-2,5-8,10,13,16,20H,3-4,9,11H2. The normalized spacial score (nSPS) is 20.3. The van der Waals surface area contributed by atoms with Crippen molar-refractivity contribution >= 4 is 33.4 Å². The van der Waals surface area contributed by atoms with E-state index in [1.807, 2.05) is 0 Å². The van der Waals surface area contributed by atoms with Crippen LogP contribution in [-0.4, -0.2) is 17.7 Å². The molecule has 1 aromatic heterocycles. The van der Waals surface area contributed by atoms with Gasteiger partial charge in [-0.2, -0.15) is 0 Å². The fraction of sp³-hybridized carbons (Fsp3) is 0.333. The molecule has 2 unspecified atom stereocenters. The number of halogens is 1. The molecule has 3 aromatic rings. The van der Waals surface area contributed by atoms with E-state index in [1.165, 1.54) is 27.4 Å². The zero-order chi connectivity index (χ0) is 14.2. The van der Waals surface area contributed by atoms with Crippen LogP contribution in [0.25, 0.3) is 21.8 Å². The molecule has 4 rings (SSSR count). The molecule has 108 valence electrons. The second-order valence-corrected chi connectivity index (χ2v) is 6.34. The number of aromatic nitrogens is 1. The molecule has 0 bridgehead atoms. The lowest BCUT2D eigenvalue weighted by atomic mass is 10.0. The van der Waals surface area contributed by atoms with Crippen molar-refractivity contribution in [3.8, 4) is 0 Å². The second kappa shape index (κ2) is 5.36. The highest BCUT2D eigenvalue weighted by Crippen LogP contribution is 2.33. The Morgan fingerprint density at radius 1 is 1.14 bits per heavy atom. The summed E-state index contributed by atoms with van der Waals surface area (Å²) in [4.78, 5) is 3.45. The first kappa shape index (κ1) is 13.2. The molecule has 1 aliphatic heterocycles. The SMILES string of the molecule is ClC(CC1CCCO1)c1ccc2[nH]c3ccccc3c2c1. The maximum Gasteiger partial charge on any atom is 0.0610 e. The number of fused-ring (bicyclic) bond motifs is 3. The van der Waals surface area contributed by atoms with E-state index in [0.29, 0.717) is 6.10 Å². The Morgan fingerprint density at radius 3 is 2.86 bits per heavy atom. The van der Waals surface area contributed by atoms with Crippen LogP contribution in [0.4, 0.5) is 0 Å². The van der Waals surface area contributed by atoms with Gasteiger partial charge in [-0.1, -0.05) is 24.3 Å². The summed E-state index contributed by atoms with van der Waals surface area (Å²) in [5.41, 5.74) is 3.53. The number of nitrogens with one attached hydrogen (secondary N) is 1. The van der Waals surface area contributed by atoms with Gasteiger partial charge < -0.3 is 9.72 Å². The molecule has 1 N–H and O–H groups in total. The zero-order valence-corrected chi connectivity index (χ0v) is 12.6. The monoisotopic (exact) mass is 299 g/mol. The lowest BCUT2D eigenvalue weighted by Crippen LogP contribution is -2.08. The Labute approximate surface area is 129 Å². The Balaban J connectivity index is 1.70. The highest BCUT2D eigenvalue weighted by atomic mass is 35.5. The van der Waals surface area contributed by atoms with Gasteiger partial charge in [-0.15, -0.1) is 11.6 Å². The van der Waals surface area contributed by atoms with Gasteiger partial charge in [0.2, 0.25) is 0 Å². The van der Waals surface area contributed by atoms with Crippen molar-refractivity contribution in [1.82, 2.24) is 4.98 Å². The molecule has 1 aliphatic rings. The summed E-state index contributed by atoms with van der Waals surface area (Å²) < 4.78 is 5.70. The first-order valence-electron chi connectivity index (χ1n) is 7.57. The van der Waals surface area contributed by atoms with Crippen molar-refractivity contribution in [1.29, 1.82) is 0 Å². The third-order valence-corrected chi connectivity index (χ3v) is 4.82. The van der Waals surface area contributed by atoms with E-state index in [0.717, 1.165) is 25.9 Å². The van der Waals surface area contributed by atoms with E-state index in [9.17, 15) is 0 Å². The van der Waals surface area contributed by atoms with Gasteiger partial charge in [0, 0.05) is 28.4 Å². The Morgan fingerprint density at radius 2 is 2.00 bits per heavy atom. The predicted octanol–water partition coefficient (Wildman–Crippen LogP) is 5.17. The molecule has 2 nitrogen and oxygen atoms in total. The lowest BCUT2D eigenvalue weighted by Gasteiger charge is -2.15.